The fourth-order valence-electron chi connectivity index (χ4n) is 1.51. The second-order valence-electron chi connectivity index (χ2n) is 3.62. The minimum atomic E-state index is -6.00. The number of para-hydroxylation sites is 1. The van der Waals surface area contributed by atoms with E-state index in [-0.39, 0.29) is 0 Å². The Bertz CT molecular complexity index is 464. The Kier molecular flexibility index (Phi) is 4.09. The number of rotatable bonds is 0. The summed E-state index contributed by atoms with van der Waals surface area (Å²) in [6.07, 6.45) is 2.09. The summed E-state index contributed by atoms with van der Waals surface area (Å²) in [6.45, 7) is 2.14. The third-order valence-corrected chi connectivity index (χ3v) is 2.26. The molecule has 2 aromatic rings. The molecule has 1 aromatic heterocycles. The van der Waals surface area contributed by atoms with E-state index in [2.05, 4.69) is 55.1 Å². The first kappa shape index (κ1) is 13.5. The van der Waals surface area contributed by atoms with Crippen LogP contribution in [0.3, 0.4) is 0 Å². The number of hydrogen-bond donors (Lipinski definition) is 0. The monoisotopic (exact) mass is 245 g/mol. The van der Waals surface area contributed by atoms with Gasteiger partial charge in [-0.2, -0.15) is 0 Å². The van der Waals surface area contributed by atoms with Gasteiger partial charge in [0.15, 0.2) is 6.20 Å². The quantitative estimate of drug-likeness (QED) is 0.381. The van der Waals surface area contributed by atoms with E-state index < -0.39 is 7.25 Å². The first-order chi connectivity index (χ1) is 7.79. The smallest absolute Gasteiger partial charge is 0.418 e. The Hall–Kier alpha value is -1.59. The van der Waals surface area contributed by atoms with E-state index in [1.807, 2.05) is 0 Å². The van der Waals surface area contributed by atoms with E-state index in [9.17, 15) is 17.3 Å². The van der Waals surface area contributed by atoms with Gasteiger partial charge < -0.3 is 17.3 Å². The highest BCUT2D eigenvalue weighted by Crippen LogP contribution is 2.12. The van der Waals surface area contributed by atoms with Crippen LogP contribution < -0.4 is 4.57 Å². The molecule has 0 aliphatic rings. The van der Waals surface area contributed by atoms with Crippen LogP contribution in [0.25, 0.3) is 10.9 Å². The predicted octanol–water partition coefficient (Wildman–Crippen LogP) is 3.27. The van der Waals surface area contributed by atoms with Crippen molar-refractivity contribution in [3.63, 3.8) is 0 Å². The molecule has 0 aliphatic heterocycles. The van der Waals surface area contributed by atoms with Gasteiger partial charge in [0.1, 0.15) is 7.05 Å². The zero-order chi connectivity index (χ0) is 13.1. The third-order valence-electron chi connectivity index (χ3n) is 2.26. The molecule has 2 rings (SSSR count). The van der Waals surface area contributed by atoms with Crippen LogP contribution in [0.4, 0.5) is 17.3 Å². The summed E-state index contributed by atoms with van der Waals surface area (Å²) in [5.41, 5.74) is 2.63. The summed E-state index contributed by atoms with van der Waals surface area (Å²) in [6, 6.07) is 10.6. The van der Waals surface area contributed by atoms with Crippen LogP contribution in [-0.2, 0) is 7.05 Å². The Morgan fingerprint density at radius 1 is 1.00 bits per heavy atom. The number of fused-ring (bicyclic) bond motifs is 1. The van der Waals surface area contributed by atoms with E-state index in [4.69, 9.17) is 0 Å². The van der Waals surface area contributed by atoms with Crippen LogP contribution in [-0.4, -0.2) is 7.25 Å². The Morgan fingerprint density at radius 3 is 2.06 bits per heavy atom. The molecule has 0 fully saturated rings. The van der Waals surface area contributed by atoms with Crippen molar-refractivity contribution in [3.05, 3.63) is 42.1 Å². The largest absolute Gasteiger partial charge is 0.673 e. The van der Waals surface area contributed by atoms with Gasteiger partial charge in [0, 0.05) is 17.5 Å². The molecule has 1 heterocycles. The molecule has 0 radical (unpaired) electrons. The van der Waals surface area contributed by atoms with Crippen LogP contribution in [0.5, 0.6) is 0 Å². The molecule has 6 heteroatoms. The first-order valence-corrected chi connectivity index (χ1v) is 5.00. The molecule has 0 bridgehead atoms. The highest BCUT2D eigenvalue weighted by Gasteiger charge is 2.20. The number of halogens is 4. The topological polar surface area (TPSA) is 3.88 Å². The highest BCUT2D eigenvalue weighted by atomic mass is 19.5. The Balaban J connectivity index is 0.000000249. The zero-order valence-electron chi connectivity index (χ0n) is 9.50. The van der Waals surface area contributed by atoms with Crippen molar-refractivity contribution >= 4 is 18.2 Å². The summed E-state index contributed by atoms with van der Waals surface area (Å²) in [5.74, 6) is 0. The summed E-state index contributed by atoms with van der Waals surface area (Å²) < 4.78 is 41.1. The number of nitrogens with zero attached hydrogens (tertiary/aromatic N) is 1. The lowest BCUT2D eigenvalue weighted by Crippen LogP contribution is -2.28. The van der Waals surface area contributed by atoms with Crippen molar-refractivity contribution in [1.82, 2.24) is 0 Å². The van der Waals surface area contributed by atoms with Gasteiger partial charge >= 0.3 is 7.25 Å². The van der Waals surface area contributed by atoms with Gasteiger partial charge in [0.25, 0.3) is 0 Å². The molecule has 0 N–H and O–H groups in total. The molecule has 0 saturated carbocycles. The Labute approximate surface area is 96.8 Å². The van der Waals surface area contributed by atoms with Crippen molar-refractivity contribution in [2.75, 3.05) is 0 Å². The van der Waals surface area contributed by atoms with Crippen molar-refractivity contribution in [2.24, 2.45) is 7.05 Å². The maximum Gasteiger partial charge on any atom is 0.673 e. The van der Waals surface area contributed by atoms with Gasteiger partial charge in [-0.3, -0.25) is 0 Å². The normalized spacial score (nSPS) is 10.9. The zero-order valence-corrected chi connectivity index (χ0v) is 9.50. The van der Waals surface area contributed by atoms with Gasteiger partial charge in [0.2, 0.25) is 5.52 Å². The summed E-state index contributed by atoms with van der Waals surface area (Å²) >= 11 is 0. The molecule has 1 aromatic carbocycles. The molecule has 0 spiro atoms. The summed E-state index contributed by atoms with van der Waals surface area (Å²) in [7, 11) is -3.93. The molecule has 0 unspecified atom stereocenters. The average molecular weight is 245 g/mol. The second kappa shape index (κ2) is 5.16. The van der Waals surface area contributed by atoms with Crippen LogP contribution in [0.1, 0.15) is 5.56 Å². The number of pyridine rings is 1. The SMILES string of the molecule is Cc1cc[n+](C)c2ccccc12.F[B-](F)(F)F. The van der Waals surface area contributed by atoms with Crippen molar-refractivity contribution < 1.29 is 21.8 Å². The van der Waals surface area contributed by atoms with Gasteiger partial charge in [-0.1, -0.05) is 12.1 Å². The van der Waals surface area contributed by atoms with E-state index in [1.165, 1.54) is 16.5 Å². The van der Waals surface area contributed by atoms with E-state index in [0.29, 0.717) is 0 Å². The minimum Gasteiger partial charge on any atom is -0.418 e. The summed E-state index contributed by atoms with van der Waals surface area (Å²) in [4.78, 5) is 0. The molecule has 0 aliphatic carbocycles. The van der Waals surface area contributed by atoms with Gasteiger partial charge in [-0.15, -0.1) is 0 Å². The third kappa shape index (κ3) is 4.42. The molecule has 17 heavy (non-hydrogen) atoms. The standard InChI is InChI=1S/C11H12N.BF4/c1-9-7-8-12(2)11-6-4-3-5-10(9)11;2-1(3,4)5/h3-8H,1-2H3;/q+1;-1. The number of aryl methyl sites for hydroxylation is 2. The maximum atomic E-state index is 9.75. The van der Waals surface area contributed by atoms with Gasteiger partial charge in [-0.25, -0.2) is 4.57 Å². The first-order valence-electron chi connectivity index (χ1n) is 5.00. The lowest BCUT2D eigenvalue weighted by molar-refractivity contribution is -0.644. The average Bonchev–Trinajstić information content (AvgIpc) is 2.22. The van der Waals surface area contributed by atoms with E-state index in [1.54, 1.807) is 0 Å². The number of aromatic nitrogens is 1. The number of hydrogen-bond acceptors (Lipinski definition) is 0. The fourth-order valence-corrected chi connectivity index (χ4v) is 1.51. The van der Waals surface area contributed by atoms with Crippen molar-refractivity contribution in [1.29, 1.82) is 0 Å². The lowest BCUT2D eigenvalue weighted by Gasteiger charge is -1.98. The van der Waals surface area contributed by atoms with Gasteiger partial charge in [0.05, 0.1) is 0 Å². The molecule has 0 atom stereocenters. The fraction of sp³-hybridized carbons (Fsp3) is 0.182. The van der Waals surface area contributed by atoms with Crippen LogP contribution in [0, 0.1) is 6.92 Å². The maximum absolute atomic E-state index is 9.75. The molecule has 0 saturated heterocycles. The molecular formula is C11H12BF4N. The van der Waals surface area contributed by atoms with E-state index in [0.717, 1.165) is 0 Å². The number of benzene rings is 1. The summed E-state index contributed by atoms with van der Waals surface area (Å²) in [5, 5.41) is 1.34. The van der Waals surface area contributed by atoms with Crippen LogP contribution in [0.2, 0.25) is 0 Å². The highest BCUT2D eigenvalue weighted by molar-refractivity contribution is 6.50. The molecular weight excluding hydrogens is 233 g/mol. The predicted molar refractivity (Wildman–Crippen MR) is 60.0 cm³/mol. The van der Waals surface area contributed by atoms with Crippen LogP contribution >= 0.6 is 0 Å². The molecule has 0 amide bonds. The molecule has 1 nitrogen and oxygen atoms in total. The van der Waals surface area contributed by atoms with Gasteiger partial charge in [-0.05, 0) is 18.6 Å². The Morgan fingerprint density at radius 2 is 1.53 bits per heavy atom. The molecule has 92 valence electrons. The van der Waals surface area contributed by atoms with E-state index >= 15 is 0 Å². The lowest BCUT2D eigenvalue weighted by atomic mass is 10.1. The minimum absolute atomic E-state index is 1.29. The second-order valence-corrected chi connectivity index (χ2v) is 3.62. The van der Waals surface area contributed by atoms with Crippen molar-refractivity contribution in [3.8, 4) is 0 Å². The van der Waals surface area contributed by atoms with Crippen molar-refractivity contribution in [2.45, 2.75) is 6.92 Å². The van der Waals surface area contributed by atoms with Crippen LogP contribution in [0.15, 0.2) is 36.5 Å².